The van der Waals surface area contributed by atoms with Crippen LogP contribution in [0.2, 0.25) is 0 Å². The number of ether oxygens (including phenoxy) is 1. The van der Waals surface area contributed by atoms with Crippen molar-refractivity contribution >= 4 is 28.4 Å². The van der Waals surface area contributed by atoms with E-state index in [1.54, 1.807) is 6.20 Å². The number of morpholine rings is 1. The molecule has 0 saturated carbocycles. The van der Waals surface area contributed by atoms with Crippen LogP contribution in [0.15, 0.2) is 67.1 Å². The van der Waals surface area contributed by atoms with Gasteiger partial charge in [-0.25, -0.2) is 15.0 Å². The number of nitrogens with zero attached hydrogens (tertiary/aromatic N) is 5. The number of aromatic nitrogens is 4. The van der Waals surface area contributed by atoms with Crippen LogP contribution in [0.25, 0.3) is 22.2 Å². The fourth-order valence-corrected chi connectivity index (χ4v) is 3.41. The first-order valence-electron chi connectivity index (χ1n) is 9.60. The lowest BCUT2D eigenvalue weighted by molar-refractivity contribution is 0.122. The number of hydrogen-bond acceptors (Lipinski definition) is 7. The molecule has 29 heavy (non-hydrogen) atoms. The number of benzene rings is 1. The molecule has 4 aromatic rings. The Kier molecular flexibility index (Phi) is 4.72. The predicted octanol–water partition coefficient (Wildman–Crippen LogP) is 3.67. The highest BCUT2D eigenvalue weighted by molar-refractivity contribution is 5.92. The van der Waals surface area contributed by atoms with Crippen molar-refractivity contribution in [3.05, 3.63) is 67.1 Å². The Morgan fingerprint density at radius 1 is 0.862 bits per heavy atom. The van der Waals surface area contributed by atoms with Crippen molar-refractivity contribution in [1.29, 1.82) is 0 Å². The molecule has 0 unspecified atom stereocenters. The van der Waals surface area contributed by atoms with Crippen molar-refractivity contribution < 1.29 is 4.74 Å². The zero-order chi connectivity index (χ0) is 19.5. The molecule has 1 aliphatic heterocycles. The van der Waals surface area contributed by atoms with Gasteiger partial charge < -0.3 is 15.0 Å². The Morgan fingerprint density at radius 3 is 2.59 bits per heavy atom. The summed E-state index contributed by atoms with van der Waals surface area (Å²) >= 11 is 0. The number of para-hydroxylation sites is 1. The van der Waals surface area contributed by atoms with Crippen LogP contribution >= 0.6 is 0 Å². The minimum atomic E-state index is 0.529. The van der Waals surface area contributed by atoms with Gasteiger partial charge >= 0.3 is 0 Å². The number of rotatable bonds is 4. The van der Waals surface area contributed by atoms with E-state index in [1.807, 2.05) is 60.9 Å². The molecule has 144 valence electrons. The van der Waals surface area contributed by atoms with E-state index in [9.17, 15) is 0 Å². The van der Waals surface area contributed by atoms with Gasteiger partial charge in [0, 0.05) is 36.4 Å². The van der Waals surface area contributed by atoms with Crippen LogP contribution in [0, 0.1) is 0 Å². The van der Waals surface area contributed by atoms with E-state index in [4.69, 9.17) is 9.72 Å². The lowest BCUT2D eigenvalue weighted by atomic mass is 10.1. The number of nitrogens with one attached hydrogen (secondary N) is 1. The van der Waals surface area contributed by atoms with Gasteiger partial charge in [0.2, 0.25) is 5.95 Å². The van der Waals surface area contributed by atoms with Crippen molar-refractivity contribution in [3.8, 4) is 11.3 Å². The van der Waals surface area contributed by atoms with Gasteiger partial charge in [-0.15, -0.1) is 0 Å². The van der Waals surface area contributed by atoms with Gasteiger partial charge in [-0.1, -0.05) is 24.3 Å². The van der Waals surface area contributed by atoms with E-state index >= 15 is 0 Å². The molecule has 5 rings (SSSR count). The summed E-state index contributed by atoms with van der Waals surface area (Å²) in [6.07, 6.45) is 5.42. The Hall–Kier alpha value is -3.58. The molecule has 1 aliphatic rings. The van der Waals surface area contributed by atoms with Gasteiger partial charge in [0.15, 0.2) is 0 Å². The Bertz CT molecular complexity index is 1110. The first kappa shape index (κ1) is 17.5. The Labute approximate surface area is 168 Å². The Balaban J connectivity index is 1.42. The highest BCUT2D eigenvalue weighted by Gasteiger charge is 2.12. The van der Waals surface area contributed by atoms with Crippen LogP contribution in [0.3, 0.4) is 0 Å². The SMILES string of the molecule is c1ccc(-c2cccc3cnc(Nc4ccc(N5CCOCC5)nc4)nc23)nc1. The topological polar surface area (TPSA) is 76.1 Å². The van der Waals surface area contributed by atoms with Crippen LogP contribution in [0.4, 0.5) is 17.5 Å². The fraction of sp³-hybridized carbons (Fsp3) is 0.182. The van der Waals surface area contributed by atoms with Crippen LogP contribution < -0.4 is 10.2 Å². The minimum absolute atomic E-state index is 0.529. The summed E-state index contributed by atoms with van der Waals surface area (Å²) in [5.74, 6) is 1.48. The van der Waals surface area contributed by atoms with Gasteiger partial charge in [0.05, 0.1) is 36.3 Å². The van der Waals surface area contributed by atoms with Crippen LogP contribution in [0.1, 0.15) is 0 Å². The zero-order valence-electron chi connectivity index (χ0n) is 15.8. The molecule has 0 bridgehead atoms. The first-order chi connectivity index (χ1) is 14.4. The predicted molar refractivity (Wildman–Crippen MR) is 113 cm³/mol. The molecule has 4 heterocycles. The smallest absolute Gasteiger partial charge is 0.227 e. The van der Waals surface area contributed by atoms with Crippen LogP contribution in [-0.2, 0) is 4.74 Å². The Morgan fingerprint density at radius 2 is 1.79 bits per heavy atom. The number of anilines is 3. The first-order valence-corrected chi connectivity index (χ1v) is 9.60. The summed E-state index contributed by atoms with van der Waals surface area (Å²) in [6, 6.07) is 15.9. The number of hydrogen-bond donors (Lipinski definition) is 1. The van der Waals surface area contributed by atoms with E-state index < -0.39 is 0 Å². The summed E-state index contributed by atoms with van der Waals surface area (Å²) in [5, 5.41) is 4.23. The monoisotopic (exact) mass is 384 g/mol. The second-order valence-electron chi connectivity index (χ2n) is 6.78. The second-order valence-corrected chi connectivity index (χ2v) is 6.78. The molecule has 0 spiro atoms. The maximum atomic E-state index is 5.40. The lowest BCUT2D eigenvalue weighted by Crippen LogP contribution is -2.36. The average Bonchev–Trinajstić information content (AvgIpc) is 2.80. The maximum absolute atomic E-state index is 5.40. The van der Waals surface area contributed by atoms with Crippen molar-refractivity contribution in [2.24, 2.45) is 0 Å². The summed E-state index contributed by atoms with van der Waals surface area (Å²) in [5.41, 5.74) is 3.58. The quantitative estimate of drug-likeness (QED) is 0.575. The molecule has 0 radical (unpaired) electrons. The highest BCUT2D eigenvalue weighted by atomic mass is 16.5. The van der Waals surface area contributed by atoms with E-state index in [-0.39, 0.29) is 0 Å². The van der Waals surface area contributed by atoms with Crippen molar-refractivity contribution in [2.45, 2.75) is 0 Å². The van der Waals surface area contributed by atoms with Crippen LogP contribution in [-0.4, -0.2) is 46.2 Å². The van der Waals surface area contributed by atoms with Crippen LogP contribution in [0.5, 0.6) is 0 Å². The standard InChI is InChI=1S/C22H20N6O/c1-2-9-23-19(6-1)18-5-3-4-16-14-25-22(27-21(16)18)26-17-7-8-20(24-15-17)28-10-12-29-13-11-28/h1-9,14-15H,10-13H2,(H,25,26,27). The van der Waals surface area contributed by atoms with E-state index in [0.717, 1.165) is 60.0 Å². The third-order valence-corrected chi connectivity index (χ3v) is 4.89. The van der Waals surface area contributed by atoms with Crippen molar-refractivity contribution in [3.63, 3.8) is 0 Å². The van der Waals surface area contributed by atoms with Gasteiger partial charge in [0.1, 0.15) is 5.82 Å². The minimum Gasteiger partial charge on any atom is -0.378 e. The number of pyridine rings is 2. The normalized spacial score (nSPS) is 14.1. The maximum Gasteiger partial charge on any atom is 0.227 e. The molecule has 3 aromatic heterocycles. The van der Waals surface area contributed by atoms with Gasteiger partial charge in [-0.05, 0) is 24.3 Å². The third-order valence-electron chi connectivity index (χ3n) is 4.89. The molecule has 1 saturated heterocycles. The van der Waals surface area contributed by atoms with Gasteiger partial charge in [-0.3, -0.25) is 4.98 Å². The third kappa shape index (κ3) is 3.72. The molecule has 1 aromatic carbocycles. The summed E-state index contributed by atoms with van der Waals surface area (Å²) in [6.45, 7) is 3.21. The molecule has 1 N–H and O–H groups in total. The molecule has 1 fully saturated rings. The molecule has 7 heteroatoms. The lowest BCUT2D eigenvalue weighted by Gasteiger charge is -2.27. The van der Waals surface area contributed by atoms with Gasteiger partial charge in [-0.2, -0.15) is 0 Å². The van der Waals surface area contributed by atoms with Gasteiger partial charge in [0.25, 0.3) is 0 Å². The molecular formula is C22H20N6O. The summed E-state index contributed by atoms with van der Waals surface area (Å²) in [4.78, 5) is 20.4. The highest BCUT2D eigenvalue weighted by Crippen LogP contribution is 2.26. The van der Waals surface area contributed by atoms with Crippen molar-refractivity contribution in [1.82, 2.24) is 19.9 Å². The molecular weight excluding hydrogens is 364 g/mol. The largest absolute Gasteiger partial charge is 0.378 e. The molecule has 0 atom stereocenters. The van der Waals surface area contributed by atoms with E-state index in [1.165, 1.54) is 0 Å². The molecule has 0 aliphatic carbocycles. The van der Waals surface area contributed by atoms with Crippen molar-refractivity contribution in [2.75, 3.05) is 36.5 Å². The number of fused-ring (bicyclic) bond motifs is 1. The molecule has 0 amide bonds. The molecule has 7 nitrogen and oxygen atoms in total. The van der Waals surface area contributed by atoms with E-state index in [0.29, 0.717) is 5.95 Å². The summed E-state index contributed by atoms with van der Waals surface area (Å²) in [7, 11) is 0. The second kappa shape index (κ2) is 7.81. The zero-order valence-corrected chi connectivity index (χ0v) is 15.8. The van der Waals surface area contributed by atoms with E-state index in [2.05, 4.69) is 25.2 Å². The fourth-order valence-electron chi connectivity index (χ4n) is 3.41. The summed E-state index contributed by atoms with van der Waals surface area (Å²) < 4.78 is 5.40. The average molecular weight is 384 g/mol.